The van der Waals surface area contributed by atoms with Crippen molar-refractivity contribution >= 4 is 34.7 Å². The molecule has 0 unspecified atom stereocenters. The van der Waals surface area contributed by atoms with Gasteiger partial charge in [-0.25, -0.2) is 0 Å². The van der Waals surface area contributed by atoms with Crippen molar-refractivity contribution < 1.29 is 4.79 Å². The number of hydrogen-bond acceptors (Lipinski definition) is 2. The van der Waals surface area contributed by atoms with Gasteiger partial charge in [-0.15, -0.1) is 0 Å². The highest BCUT2D eigenvalue weighted by Crippen LogP contribution is 2.24. The monoisotopic (exact) mass is 229 g/mol. The molecule has 0 bridgehead atoms. The maximum atomic E-state index is 11.5. The predicted molar refractivity (Wildman–Crippen MR) is 58.5 cm³/mol. The number of benzene rings is 1. The minimum absolute atomic E-state index is 0.233. The Balaban J connectivity index is 2.33. The molecule has 0 saturated carbocycles. The summed E-state index contributed by atoms with van der Waals surface area (Å²) in [7, 11) is 0. The second-order valence-corrected chi connectivity index (χ2v) is 4.31. The SMILES string of the molecule is O=C(c1ccc2c(c1)CCN2)C(Cl)Cl. The lowest BCUT2D eigenvalue weighted by Gasteiger charge is -2.04. The maximum Gasteiger partial charge on any atom is 0.195 e. The van der Waals surface area contributed by atoms with E-state index in [4.69, 9.17) is 23.2 Å². The van der Waals surface area contributed by atoms with E-state index in [0.717, 1.165) is 24.2 Å². The number of Topliss-reactive ketones (excluding diaryl/α,β-unsaturated/α-hetero) is 1. The lowest BCUT2D eigenvalue weighted by molar-refractivity contribution is 0.101. The number of carbonyl (C=O) groups excluding carboxylic acids is 1. The van der Waals surface area contributed by atoms with Crippen LogP contribution in [0.3, 0.4) is 0 Å². The second-order valence-electron chi connectivity index (χ2n) is 3.21. The minimum Gasteiger partial charge on any atom is -0.384 e. The van der Waals surface area contributed by atoms with Gasteiger partial charge in [0.05, 0.1) is 0 Å². The zero-order valence-electron chi connectivity index (χ0n) is 7.39. The van der Waals surface area contributed by atoms with Gasteiger partial charge >= 0.3 is 0 Å². The van der Waals surface area contributed by atoms with Crippen LogP contribution in [-0.2, 0) is 6.42 Å². The first-order valence-corrected chi connectivity index (χ1v) is 5.25. The average Bonchev–Trinajstić information content (AvgIpc) is 2.62. The molecule has 4 heteroatoms. The van der Waals surface area contributed by atoms with Crippen LogP contribution in [0.1, 0.15) is 15.9 Å². The lowest BCUT2D eigenvalue weighted by Crippen LogP contribution is -2.08. The Morgan fingerprint density at radius 1 is 1.43 bits per heavy atom. The minimum atomic E-state index is -0.970. The van der Waals surface area contributed by atoms with Crippen LogP contribution in [0.15, 0.2) is 18.2 Å². The van der Waals surface area contributed by atoms with Crippen molar-refractivity contribution in [2.45, 2.75) is 11.3 Å². The Kier molecular flexibility index (Phi) is 2.66. The van der Waals surface area contributed by atoms with Crippen LogP contribution in [0.4, 0.5) is 5.69 Å². The first kappa shape index (κ1) is 9.81. The van der Waals surface area contributed by atoms with Gasteiger partial charge in [0, 0.05) is 17.8 Å². The van der Waals surface area contributed by atoms with Gasteiger partial charge in [0.1, 0.15) is 0 Å². The number of alkyl halides is 2. The molecule has 0 radical (unpaired) electrons. The van der Waals surface area contributed by atoms with E-state index in [2.05, 4.69) is 5.32 Å². The van der Waals surface area contributed by atoms with Crippen molar-refractivity contribution in [2.24, 2.45) is 0 Å². The number of rotatable bonds is 2. The summed E-state index contributed by atoms with van der Waals surface area (Å²) in [6.07, 6.45) is 0.950. The van der Waals surface area contributed by atoms with Crippen molar-refractivity contribution in [3.8, 4) is 0 Å². The summed E-state index contributed by atoms with van der Waals surface area (Å²) in [5.41, 5.74) is 2.84. The highest BCUT2D eigenvalue weighted by Gasteiger charge is 2.17. The summed E-state index contributed by atoms with van der Waals surface area (Å²) in [4.78, 5) is 10.5. The molecule has 0 saturated heterocycles. The van der Waals surface area contributed by atoms with Gasteiger partial charge in [-0.2, -0.15) is 0 Å². The van der Waals surface area contributed by atoms with Crippen molar-refractivity contribution in [1.82, 2.24) is 0 Å². The van der Waals surface area contributed by atoms with E-state index in [-0.39, 0.29) is 5.78 Å². The molecule has 0 fully saturated rings. The third kappa shape index (κ3) is 1.72. The Morgan fingerprint density at radius 2 is 2.21 bits per heavy atom. The normalized spacial score (nSPS) is 13.9. The molecule has 2 rings (SSSR count). The van der Waals surface area contributed by atoms with Gasteiger partial charge in [0.25, 0.3) is 0 Å². The van der Waals surface area contributed by atoms with E-state index in [1.165, 1.54) is 0 Å². The van der Waals surface area contributed by atoms with E-state index >= 15 is 0 Å². The molecule has 1 N–H and O–H groups in total. The molecule has 1 aliphatic heterocycles. The van der Waals surface area contributed by atoms with Gasteiger partial charge in [-0.1, -0.05) is 23.2 Å². The topological polar surface area (TPSA) is 29.1 Å². The van der Waals surface area contributed by atoms with Gasteiger partial charge in [-0.05, 0) is 30.2 Å². The summed E-state index contributed by atoms with van der Waals surface area (Å²) >= 11 is 11.0. The number of fused-ring (bicyclic) bond motifs is 1. The third-order valence-electron chi connectivity index (χ3n) is 2.30. The van der Waals surface area contributed by atoms with Gasteiger partial charge in [0.2, 0.25) is 0 Å². The summed E-state index contributed by atoms with van der Waals surface area (Å²) in [5, 5.41) is 3.22. The smallest absolute Gasteiger partial charge is 0.195 e. The van der Waals surface area contributed by atoms with E-state index in [0.29, 0.717) is 5.56 Å². The zero-order valence-corrected chi connectivity index (χ0v) is 8.90. The van der Waals surface area contributed by atoms with Crippen LogP contribution in [-0.4, -0.2) is 17.2 Å². The summed E-state index contributed by atoms with van der Waals surface area (Å²) in [6, 6.07) is 5.50. The quantitative estimate of drug-likeness (QED) is 0.625. The van der Waals surface area contributed by atoms with Crippen LogP contribution in [0.2, 0.25) is 0 Å². The van der Waals surface area contributed by atoms with Gasteiger partial charge in [-0.3, -0.25) is 4.79 Å². The molecule has 0 aromatic heterocycles. The summed E-state index contributed by atoms with van der Waals surface area (Å²) in [6.45, 7) is 0.929. The van der Waals surface area contributed by atoms with E-state index in [9.17, 15) is 4.79 Å². The first-order chi connectivity index (χ1) is 6.68. The van der Waals surface area contributed by atoms with E-state index in [1.807, 2.05) is 12.1 Å². The molecule has 1 aliphatic rings. The Labute approximate surface area is 92.2 Å². The van der Waals surface area contributed by atoms with Crippen molar-refractivity contribution in [3.63, 3.8) is 0 Å². The van der Waals surface area contributed by atoms with Crippen LogP contribution in [0.25, 0.3) is 0 Å². The van der Waals surface area contributed by atoms with Crippen LogP contribution < -0.4 is 5.32 Å². The number of halogens is 2. The predicted octanol–water partition coefficient (Wildman–Crippen LogP) is 2.64. The Bertz CT molecular complexity index is 376. The fourth-order valence-electron chi connectivity index (χ4n) is 1.58. The molecular weight excluding hydrogens is 221 g/mol. The number of anilines is 1. The fourth-order valence-corrected chi connectivity index (χ4v) is 1.84. The molecule has 1 heterocycles. The van der Waals surface area contributed by atoms with Crippen LogP contribution >= 0.6 is 23.2 Å². The van der Waals surface area contributed by atoms with E-state index in [1.54, 1.807) is 6.07 Å². The molecule has 0 aliphatic carbocycles. The standard InChI is InChI=1S/C10H9Cl2NO/c11-10(12)9(14)7-1-2-8-6(5-7)3-4-13-8/h1-2,5,10,13H,3-4H2. The highest BCUT2D eigenvalue weighted by atomic mass is 35.5. The van der Waals surface area contributed by atoms with Crippen molar-refractivity contribution in [2.75, 3.05) is 11.9 Å². The molecule has 0 amide bonds. The molecule has 0 atom stereocenters. The Morgan fingerprint density at radius 3 is 2.93 bits per heavy atom. The van der Waals surface area contributed by atoms with Gasteiger partial charge in [0.15, 0.2) is 10.6 Å². The first-order valence-electron chi connectivity index (χ1n) is 4.37. The Hall–Kier alpha value is -0.730. The fraction of sp³-hybridized carbons (Fsp3) is 0.300. The second kappa shape index (κ2) is 3.79. The summed E-state index contributed by atoms with van der Waals surface area (Å²) in [5.74, 6) is -0.233. The van der Waals surface area contributed by atoms with Crippen molar-refractivity contribution in [1.29, 1.82) is 0 Å². The summed E-state index contributed by atoms with van der Waals surface area (Å²) < 4.78 is 0. The highest BCUT2D eigenvalue weighted by molar-refractivity contribution is 6.55. The molecule has 2 nitrogen and oxygen atoms in total. The van der Waals surface area contributed by atoms with Crippen LogP contribution in [0, 0.1) is 0 Å². The van der Waals surface area contributed by atoms with E-state index < -0.39 is 4.84 Å². The third-order valence-corrected chi connectivity index (χ3v) is 2.69. The molecule has 0 spiro atoms. The number of ketones is 1. The molecule has 1 aromatic rings. The maximum absolute atomic E-state index is 11.5. The number of carbonyl (C=O) groups is 1. The largest absolute Gasteiger partial charge is 0.384 e. The van der Waals surface area contributed by atoms with Crippen LogP contribution in [0.5, 0.6) is 0 Å². The van der Waals surface area contributed by atoms with Crippen molar-refractivity contribution in [3.05, 3.63) is 29.3 Å². The number of nitrogens with one attached hydrogen (secondary N) is 1. The number of hydrogen-bond donors (Lipinski definition) is 1. The molecule has 74 valence electrons. The molecule has 14 heavy (non-hydrogen) atoms. The zero-order chi connectivity index (χ0) is 10.1. The lowest BCUT2D eigenvalue weighted by atomic mass is 10.1. The molecule has 1 aromatic carbocycles. The molecular formula is C10H9Cl2NO. The average molecular weight is 230 g/mol. The van der Waals surface area contributed by atoms with Gasteiger partial charge < -0.3 is 5.32 Å².